The lowest BCUT2D eigenvalue weighted by Gasteiger charge is -2.25. The monoisotopic (exact) mass is 251 g/mol. The molecule has 0 aromatic heterocycles. The molecule has 0 radical (unpaired) electrons. The summed E-state index contributed by atoms with van der Waals surface area (Å²) in [6.45, 7) is 2.40. The van der Waals surface area contributed by atoms with Crippen LogP contribution in [0.2, 0.25) is 0 Å². The first-order valence-corrected chi connectivity index (χ1v) is 4.98. The predicted molar refractivity (Wildman–Crippen MR) is 61.5 cm³/mol. The molecular weight excluding hydrogens is 234 g/mol. The van der Waals surface area contributed by atoms with E-state index in [-0.39, 0.29) is 36.7 Å². The van der Waals surface area contributed by atoms with Gasteiger partial charge in [0.25, 0.3) is 0 Å². The summed E-state index contributed by atoms with van der Waals surface area (Å²) in [7, 11) is 1.57. The highest BCUT2D eigenvalue weighted by Gasteiger charge is 2.24. The lowest BCUT2D eigenvalue weighted by molar-refractivity contribution is -0.129. The number of carbonyl (C=O) groups is 2. The minimum absolute atomic E-state index is 0. The van der Waals surface area contributed by atoms with Crippen LogP contribution in [0.5, 0.6) is 0 Å². The molecule has 1 heterocycles. The maximum atomic E-state index is 11.3. The second-order valence-corrected chi connectivity index (χ2v) is 3.42. The van der Waals surface area contributed by atoms with Crippen molar-refractivity contribution < 1.29 is 14.3 Å². The van der Waals surface area contributed by atoms with E-state index in [1.165, 1.54) is 0 Å². The van der Waals surface area contributed by atoms with Gasteiger partial charge in [-0.05, 0) is 0 Å². The Morgan fingerprint density at radius 3 is 2.56 bits per heavy atom. The van der Waals surface area contributed by atoms with Crippen molar-refractivity contribution >= 4 is 24.2 Å². The molecule has 0 aromatic carbocycles. The number of ether oxygens (including phenoxy) is 1. The normalized spacial score (nSPS) is 14.6. The number of hydrogen-bond acceptors (Lipinski definition) is 4. The maximum Gasteiger partial charge on any atom is 0.239 e. The molecule has 1 fully saturated rings. The molecule has 0 atom stereocenters. The predicted octanol–water partition coefficient (Wildman–Crippen LogP) is -1.49. The molecule has 6 nitrogen and oxygen atoms in total. The lowest BCUT2D eigenvalue weighted by atomic mass is 10.0. The standard InChI is InChI=1S/C9H17N3O3.ClH/c1-15-3-2-11-8(13)6-12-9(14)7-4-10-5-7;/h7,10H,2-6H2,1H3,(H,11,13)(H,12,14);1H. The van der Waals surface area contributed by atoms with Gasteiger partial charge in [-0.3, -0.25) is 9.59 Å². The second kappa shape index (κ2) is 8.32. The zero-order chi connectivity index (χ0) is 11.1. The van der Waals surface area contributed by atoms with E-state index < -0.39 is 0 Å². The molecule has 0 spiro atoms. The van der Waals surface area contributed by atoms with Crippen molar-refractivity contribution in [3.63, 3.8) is 0 Å². The molecule has 7 heteroatoms. The van der Waals surface area contributed by atoms with Gasteiger partial charge in [0, 0.05) is 26.7 Å². The van der Waals surface area contributed by atoms with E-state index in [1.54, 1.807) is 7.11 Å². The summed E-state index contributed by atoms with van der Waals surface area (Å²) < 4.78 is 4.77. The number of carbonyl (C=O) groups excluding carboxylic acids is 2. The van der Waals surface area contributed by atoms with E-state index in [0.717, 1.165) is 0 Å². The van der Waals surface area contributed by atoms with Crippen LogP contribution in [-0.2, 0) is 14.3 Å². The first-order valence-electron chi connectivity index (χ1n) is 4.98. The molecule has 16 heavy (non-hydrogen) atoms. The molecule has 0 aliphatic carbocycles. The Hall–Kier alpha value is -0.850. The molecular formula is C9H18ClN3O3. The fourth-order valence-corrected chi connectivity index (χ4v) is 1.14. The minimum Gasteiger partial charge on any atom is -0.383 e. The van der Waals surface area contributed by atoms with Crippen molar-refractivity contribution in [3.8, 4) is 0 Å². The van der Waals surface area contributed by atoms with Crippen molar-refractivity contribution in [2.45, 2.75) is 0 Å². The molecule has 94 valence electrons. The van der Waals surface area contributed by atoms with Crippen LogP contribution in [0, 0.1) is 5.92 Å². The van der Waals surface area contributed by atoms with Crippen molar-refractivity contribution in [1.29, 1.82) is 0 Å². The molecule has 0 bridgehead atoms. The largest absolute Gasteiger partial charge is 0.383 e. The number of rotatable bonds is 6. The smallest absolute Gasteiger partial charge is 0.239 e. The number of halogens is 1. The quantitative estimate of drug-likeness (QED) is 0.503. The van der Waals surface area contributed by atoms with Gasteiger partial charge in [0.1, 0.15) is 0 Å². The van der Waals surface area contributed by atoms with Crippen LogP contribution < -0.4 is 16.0 Å². The van der Waals surface area contributed by atoms with Crippen molar-refractivity contribution in [2.75, 3.05) is 39.9 Å². The third kappa shape index (κ3) is 5.29. The van der Waals surface area contributed by atoms with Crippen LogP contribution in [0.4, 0.5) is 0 Å². The Bertz CT molecular complexity index is 234. The highest BCUT2D eigenvalue weighted by atomic mass is 35.5. The van der Waals surface area contributed by atoms with Gasteiger partial charge in [-0.15, -0.1) is 12.4 Å². The number of nitrogens with one attached hydrogen (secondary N) is 3. The summed E-state index contributed by atoms with van der Waals surface area (Å²) in [6.07, 6.45) is 0. The van der Waals surface area contributed by atoms with Crippen LogP contribution in [0.3, 0.4) is 0 Å². The SMILES string of the molecule is COCCNC(=O)CNC(=O)C1CNC1.Cl. The number of amides is 2. The second-order valence-electron chi connectivity index (χ2n) is 3.42. The van der Waals surface area contributed by atoms with Gasteiger partial charge in [-0.1, -0.05) is 0 Å². The summed E-state index contributed by atoms with van der Waals surface area (Å²) in [4.78, 5) is 22.5. The third-order valence-electron chi connectivity index (χ3n) is 2.20. The van der Waals surface area contributed by atoms with Crippen LogP contribution in [0.15, 0.2) is 0 Å². The van der Waals surface area contributed by atoms with E-state index >= 15 is 0 Å². The molecule has 1 saturated heterocycles. The van der Waals surface area contributed by atoms with Crippen molar-refractivity contribution in [3.05, 3.63) is 0 Å². The number of hydrogen-bond donors (Lipinski definition) is 3. The fraction of sp³-hybridized carbons (Fsp3) is 0.778. The summed E-state index contributed by atoms with van der Waals surface area (Å²) in [5, 5.41) is 8.19. The Labute approximate surface area is 101 Å². The third-order valence-corrected chi connectivity index (χ3v) is 2.20. The van der Waals surface area contributed by atoms with Crippen molar-refractivity contribution in [2.24, 2.45) is 5.92 Å². The zero-order valence-electron chi connectivity index (χ0n) is 9.25. The highest BCUT2D eigenvalue weighted by molar-refractivity contribution is 5.86. The first kappa shape index (κ1) is 15.2. The van der Waals surface area contributed by atoms with E-state index in [2.05, 4.69) is 16.0 Å². The Morgan fingerprint density at radius 1 is 1.38 bits per heavy atom. The molecule has 1 aliphatic rings. The van der Waals surface area contributed by atoms with E-state index in [1.807, 2.05) is 0 Å². The molecule has 3 N–H and O–H groups in total. The maximum absolute atomic E-state index is 11.3. The van der Waals surface area contributed by atoms with Crippen molar-refractivity contribution in [1.82, 2.24) is 16.0 Å². The van der Waals surface area contributed by atoms with Gasteiger partial charge in [-0.25, -0.2) is 0 Å². The molecule has 0 saturated carbocycles. The Balaban J connectivity index is 0.00000225. The Kier molecular flexibility index (Phi) is 7.88. The van der Waals surface area contributed by atoms with Crippen LogP contribution in [-0.4, -0.2) is 51.7 Å². The molecule has 2 amide bonds. The molecule has 1 aliphatic heterocycles. The van der Waals surface area contributed by atoms with Crippen LogP contribution >= 0.6 is 12.4 Å². The Morgan fingerprint density at radius 2 is 2.06 bits per heavy atom. The lowest BCUT2D eigenvalue weighted by Crippen LogP contribution is -2.52. The molecule has 0 aromatic rings. The molecule has 1 rings (SSSR count). The van der Waals surface area contributed by atoms with E-state index in [0.29, 0.717) is 26.2 Å². The summed E-state index contributed by atoms with van der Waals surface area (Å²) in [6, 6.07) is 0. The minimum atomic E-state index is -0.187. The van der Waals surface area contributed by atoms with Crippen LogP contribution in [0.25, 0.3) is 0 Å². The highest BCUT2D eigenvalue weighted by Crippen LogP contribution is 2.01. The molecule has 0 unspecified atom stereocenters. The first-order chi connectivity index (χ1) is 7.24. The van der Waals surface area contributed by atoms with E-state index in [9.17, 15) is 9.59 Å². The number of methoxy groups -OCH3 is 1. The van der Waals surface area contributed by atoms with E-state index in [4.69, 9.17) is 4.74 Å². The summed E-state index contributed by atoms with van der Waals surface area (Å²) in [5.41, 5.74) is 0. The van der Waals surface area contributed by atoms with Gasteiger partial charge in [0.05, 0.1) is 19.1 Å². The average molecular weight is 252 g/mol. The summed E-state index contributed by atoms with van der Waals surface area (Å²) >= 11 is 0. The van der Waals surface area contributed by atoms with Gasteiger partial charge in [0.15, 0.2) is 0 Å². The van der Waals surface area contributed by atoms with Gasteiger partial charge >= 0.3 is 0 Å². The average Bonchev–Trinajstić information content (AvgIpc) is 2.12. The van der Waals surface area contributed by atoms with Gasteiger partial charge in [0.2, 0.25) is 11.8 Å². The van der Waals surface area contributed by atoms with Crippen LogP contribution in [0.1, 0.15) is 0 Å². The fourth-order valence-electron chi connectivity index (χ4n) is 1.14. The van der Waals surface area contributed by atoms with Gasteiger partial charge in [-0.2, -0.15) is 0 Å². The topological polar surface area (TPSA) is 79.5 Å². The zero-order valence-corrected chi connectivity index (χ0v) is 10.1. The summed E-state index contributed by atoms with van der Waals surface area (Å²) in [5.74, 6) is -0.222. The van der Waals surface area contributed by atoms with Gasteiger partial charge < -0.3 is 20.7 Å².